The number of hydrogen-bond acceptors (Lipinski definition) is 7. The summed E-state index contributed by atoms with van der Waals surface area (Å²) in [4.78, 5) is 21.2. The van der Waals surface area contributed by atoms with Gasteiger partial charge in [-0.15, -0.1) is 10.2 Å². The van der Waals surface area contributed by atoms with Crippen LogP contribution >= 0.6 is 11.3 Å². The second-order valence-electron chi connectivity index (χ2n) is 7.16. The lowest BCUT2D eigenvalue weighted by Gasteiger charge is -2.35. The predicted molar refractivity (Wildman–Crippen MR) is 110 cm³/mol. The van der Waals surface area contributed by atoms with Gasteiger partial charge in [0, 0.05) is 25.3 Å². The third kappa shape index (κ3) is 3.31. The van der Waals surface area contributed by atoms with Gasteiger partial charge >= 0.3 is 0 Å². The Hall–Kier alpha value is -3.00. The molecule has 8 heteroatoms. The highest BCUT2D eigenvalue weighted by atomic mass is 32.1. The summed E-state index contributed by atoms with van der Waals surface area (Å²) in [6.45, 7) is 1.89. The van der Waals surface area contributed by atoms with E-state index in [9.17, 15) is 4.79 Å². The van der Waals surface area contributed by atoms with Gasteiger partial charge in [-0.05, 0) is 24.1 Å². The van der Waals surface area contributed by atoms with E-state index in [0.29, 0.717) is 23.6 Å². The zero-order valence-electron chi connectivity index (χ0n) is 15.2. The zero-order chi connectivity index (χ0) is 18.9. The molecule has 1 N–H and O–H groups in total. The lowest BCUT2D eigenvalue weighted by atomic mass is 10.1. The van der Waals surface area contributed by atoms with E-state index in [4.69, 9.17) is 0 Å². The van der Waals surface area contributed by atoms with Crippen molar-refractivity contribution in [1.29, 1.82) is 0 Å². The Morgan fingerprint density at radius 2 is 1.89 bits per heavy atom. The highest BCUT2D eigenvalue weighted by Gasteiger charge is 2.44. The number of carbonyl (C=O) groups excluding carboxylic acids is 1. The molecule has 2 atom stereocenters. The van der Waals surface area contributed by atoms with Crippen LogP contribution in [0.2, 0.25) is 0 Å². The lowest BCUT2D eigenvalue weighted by Crippen LogP contribution is -2.46. The first kappa shape index (κ1) is 17.1. The van der Waals surface area contributed by atoms with Crippen LogP contribution in [0.3, 0.4) is 0 Å². The van der Waals surface area contributed by atoms with Crippen LogP contribution in [0.4, 0.5) is 16.0 Å². The number of anilines is 3. The van der Waals surface area contributed by atoms with Crippen molar-refractivity contribution < 1.29 is 4.79 Å². The summed E-state index contributed by atoms with van der Waals surface area (Å²) in [7, 11) is 0. The average molecular weight is 392 g/mol. The van der Waals surface area contributed by atoms with Gasteiger partial charge in [-0.2, -0.15) is 0 Å². The summed E-state index contributed by atoms with van der Waals surface area (Å²) < 4.78 is 0. The quantitative estimate of drug-likeness (QED) is 0.719. The van der Waals surface area contributed by atoms with Crippen molar-refractivity contribution in [2.75, 3.05) is 28.2 Å². The molecule has 2 aliphatic heterocycles. The molecule has 1 amide bonds. The molecule has 2 aliphatic rings. The van der Waals surface area contributed by atoms with Crippen molar-refractivity contribution in [1.82, 2.24) is 15.2 Å². The third-order valence-corrected chi connectivity index (χ3v) is 6.21. The molecule has 28 heavy (non-hydrogen) atoms. The second kappa shape index (κ2) is 7.20. The number of hydrogen-bond donors (Lipinski definition) is 1. The minimum absolute atomic E-state index is 0.0698. The fourth-order valence-corrected chi connectivity index (χ4v) is 4.91. The Kier molecular flexibility index (Phi) is 4.40. The highest BCUT2D eigenvalue weighted by molar-refractivity contribution is 7.19. The number of nitrogens with one attached hydrogen (secondary N) is 1. The van der Waals surface area contributed by atoms with Gasteiger partial charge in [0.15, 0.2) is 0 Å². The molecular formula is C20H20N6OS. The Balaban J connectivity index is 1.21. The van der Waals surface area contributed by atoms with E-state index in [1.165, 1.54) is 17.0 Å². The number of carbonyl (C=O) groups is 1. The number of rotatable bonds is 5. The van der Waals surface area contributed by atoms with Crippen LogP contribution in [0.15, 0.2) is 54.9 Å². The van der Waals surface area contributed by atoms with Gasteiger partial charge < -0.3 is 15.1 Å². The molecule has 0 unspecified atom stereocenters. The maximum Gasteiger partial charge on any atom is 0.230 e. The molecule has 0 spiro atoms. The van der Waals surface area contributed by atoms with Crippen LogP contribution in [0.25, 0.3) is 0 Å². The van der Waals surface area contributed by atoms with Gasteiger partial charge in [-0.25, -0.2) is 0 Å². The Morgan fingerprint density at radius 3 is 2.64 bits per heavy atom. The number of aromatic nitrogens is 3. The van der Waals surface area contributed by atoms with Gasteiger partial charge in [-0.3, -0.25) is 9.78 Å². The average Bonchev–Trinajstić information content (AvgIpc) is 3.45. The number of fused-ring (bicyclic) bond motifs is 2. The van der Waals surface area contributed by atoms with E-state index in [1.807, 2.05) is 42.6 Å². The molecule has 1 aromatic carbocycles. The van der Waals surface area contributed by atoms with Crippen LogP contribution in [0, 0.1) is 0 Å². The van der Waals surface area contributed by atoms with Crippen LogP contribution in [0.1, 0.15) is 12.0 Å². The first-order valence-electron chi connectivity index (χ1n) is 9.37. The molecular weight excluding hydrogens is 372 g/mol. The first-order chi connectivity index (χ1) is 13.8. The lowest BCUT2D eigenvalue weighted by molar-refractivity contribution is -0.115. The molecule has 142 valence electrons. The van der Waals surface area contributed by atoms with Crippen molar-refractivity contribution in [3.05, 3.63) is 60.4 Å². The normalized spacial score (nSPS) is 20.6. The van der Waals surface area contributed by atoms with Crippen molar-refractivity contribution in [3.8, 4) is 0 Å². The van der Waals surface area contributed by atoms with E-state index >= 15 is 0 Å². The van der Waals surface area contributed by atoms with Gasteiger partial charge in [0.1, 0.15) is 0 Å². The Labute approximate surface area is 167 Å². The predicted octanol–water partition coefficient (Wildman–Crippen LogP) is 2.58. The molecule has 3 aromatic rings. The number of piperazine rings is 1. The first-order valence-corrected chi connectivity index (χ1v) is 10.2. The van der Waals surface area contributed by atoms with Crippen molar-refractivity contribution in [2.45, 2.75) is 24.9 Å². The molecule has 2 aromatic heterocycles. The van der Waals surface area contributed by atoms with Crippen LogP contribution in [-0.2, 0) is 11.2 Å². The largest absolute Gasteiger partial charge is 0.363 e. The molecule has 0 aliphatic carbocycles. The summed E-state index contributed by atoms with van der Waals surface area (Å²) in [6.07, 6.45) is 5.18. The van der Waals surface area contributed by atoms with Crippen LogP contribution < -0.4 is 15.1 Å². The summed E-state index contributed by atoms with van der Waals surface area (Å²) in [6, 6.07) is 14.7. The molecule has 0 saturated carbocycles. The van der Waals surface area contributed by atoms with Gasteiger partial charge in [-0.1, -0.05) is 41.7 Å². The number of nitrogens with zero attached hydrogens (tertiary/aromatic N) is 5. The van der Waals surface area contributed by atoms with E-state index in [1.54, 1.807) is 6.20 Å². The minimum Gasteiger partial charge on any atom is -0.363 e. The summed E-state index contributed by atoms with van der Waals surface area (Å²) in [5.74, 6) is -0.0698. The smallest absolute Gasteiger partial charge is 0.230 e. The zero-order valence-corrected chi connectivity index (χ0v) is 16.0. The van der Waals surface area contributed by atoms with E-state index in [2.05, 4.69) is 36.4 Å². The van der Waals surface area contributed by atoms with E-state index in [-0.39, 0.29) is 5.91 Å². The Morgan fingerprint density at radius 1 is 1.07 bits per heavy atom. The third-order valence-electron chi connectivity index (χ3n) is 5.33. The van der Waals surface area contributed by atoms with Crippen LogP contribution in [-0.4, -0.2) is 46.3 Å². The molecule has 7 nitrogen and oxygen atoms in total. The number of benzene rings is 1. The van der Waals surface area contributed by atoms with Gasteiger partial charge in [0.25, 0.3) is 0 Å². The fraction of sp³-hybridized carbons (Fsp3) is 0.300. The van der Waals surface area contributed by atoms with Crippen molar-refractivity contribution in [3.63, 3.8) is 0 Å². The summed E-state index contributed by atoms with van der Waals surface area (Å²) >= 11 is 1.45. The van der Waals surface area contributed by atoms with Gasteiger partial charge in [0.05, 0.1) is 24.3 Å². The molecule has 2 bridgehead atoms. The summed E-state index contributed by atoms with van der Waals surface area (Å²) in [5.41, 5.74) is 2.16. The molecule has 5 rings (SSSR count). The van der Waals surface area contributed by atoms with Crippen LogP contribution in [0.5, 0.6) is 0 Å². The molecule has 0 radical (unpaired) electrons. The minimum atomic E-state index is -0.0698. The molecule has 2 fully saturated rings. The second-order valence-corrected chi connectivity index (χ2v) is 8.12. The SMILES string of the molecule is O=C(Cc1ccccc1)Nc1nnc(N2C[C@H]3C[C@@H]2CN3c2cccnc2)s1. The summed E-state index contributed by atoms with van der Waals surface area (Å²) in [5, 5.41) is 12.8. The maximum atomic E-state index is 12.2. The van der Waals surface area contributed by atoms with E-state index in [0.717, 1.165) is 30.2 Å². The highest BCUT2D eigenvalue weighted by Crippen LogP contribution is 2.38. The molecule has 2 saturated heterocycles. The van der Waals surface area contributed by atoms with Gasteiger partial charge in [0.2, 0.25) is 16.2 Å². The number of pyridine rings is 1. The Bertz CT molecular complexity index is 963. The monoisotopic (exact) mass is 392 g/mol. The van der Waals surface area contributed by atoms with Crippen molar-refractivity contribution in [2.24, 2.45) is 0 Å². The standard InChI is InChI=1S/C20H20N6OS/c27-18(9-14-5-2-1-3-6-14)22-19-23-24-20(28-19)26-13-16-10-17(26)12-25(16)15-7-4-8-21-11-15/h1-8,11,16-17H,9-10,12-13H2,(H,22,23,27)/t16-,17-/m1/s1. The topological polar surface area (TPSA) is 74.2 Å². The molecule has 4 heterocycles. The van der Waals surface area contributed by atoms with Crippen molar-refractivity contribution >= 4 is 33.2 Å². The fourth-order valence-electron chi connectivity index (χ4n) is 4.07. The van der Waals surface area contributed by atoms with E-state index < -0.39 is 0 Å². The maximum absolute atomic E-state index is 12.2. The number of amides is 1.